The van der Waals surface area contributed by atoms with E-state index in [1.165, 1.54) is 18.3 Å². The third-order valence-corrected chi connectivity index (χ3v) is 6.47. The summed E-state index contributed by atoms with van der Waals surface area (Å²) in [6, 6.07) is 17.7. The molecule has 3 aromatic rings. The van der Waals surface area contributed by atoms with Crippen LogP contribution in [0.3, 0.4) is 0 Å². The molecule has 1 aliphatic heterocycles. The van der Waals surface area contributed by atoms with Crippen LogP contribution in [0.2, 0.25) is 0 Å². The summed E-state index contributed by atoms with van der Waals surface area (Å²) in [7, 11) is 0. The van der Waals surface area contributed by atoms with E-state index in [-0.39, 0.29) is 12.2 Å². The molecule has 0 bridgehead atoms. The van der Waals surface area contributed by atoms with Crippen LogP contribution in [-0.4, -0.2) is 34.8 Å². The van der Waals surface area contributed by atoms with Gasteiger partial charge < -0.3 is 20.0 Å². The van der Waals surface area contributed by atoms with Crippen LogP contribution in [0, 0.1) is 17.9 Å². The van der Waals surface area contributed by atoms with E-state index < -0.39 is 17.3 Å². The highest BCUT2D eigenvalue weighted by Crippen LogP contribution is 2.40. The van der Waals surface area contributed by atoms with E-state index in [0.717, 1.165) is 21.4 Å². The number of cyclic esters (lactones) is 1. The molecule has 1 fully saturated rings. The molecule has 0 aliphatic carbocycles. The van der Waals surface area contributed by atoms with Gasteiger partial charge in [0.2, 0.25) is 0 Å². The molecule has 1 amide bonds. The first-order valence-corrected chi connectivity index (χ1v) is 11.8. The summed E-state index contributed by atoms with van der Waals surface area (Å²) in [5.41, 5.74) is 2.33. The number of benzene rings is 2. The van der Waals surface area contributed by atoms with Crippen LogP contribution in [0.15, 0.2) is 66.9 Å². The number of pyridine rings is 1. The lowest BCUT2D eigenvalue weighted by atomic mass is 9.80. The number of aliphatic hydroxyl groups is 1. The highest BCUT2D eigenvalue weighted by molar-refractivity contribution is 5.69. The van der Waals surface area contributed by atoms with E-state index in [4.69, 9.17) is 4.74 Å². The Morgan fingerprint density at radius 2 is 1.80 bits per heavy atom. The first-order valence-electron chi connectivity index (χ1n) is 11.8. The molecule has 1 N–H and O–H groups in total. The lowest BCUT2D eigenvalue weighted by molar-refractivity contribution is -0.612. The molecular formula is C28H31FN2O4. The Bertz CT molecular complexity index is 1190. The largest absolute Gasteiger partial charge is 0.619 e. The fourth-order valence-corrected chi connectivity index (χ4v) is 4.68. The van der Waals surface area contributed by atoms with Crippen molar-refractivity contribution in [2.45, 2.75) is 51.2 Å². The van der Waals surface area contributed by atoms with E-state index in [1.54, 1.807) is 43.9 Å². The third kappa shape index (κ3) is 5.80. The van der Waals surface area contributed by atoms with E-state index >= 15 is 0 Å². The maximum absolute atomic E-state index is 13.5. The maximum Gasteiger partial charge on any atom is 0.410 e. The molecule has 1 aliphatic rings. The number of carbonyl (C=O) groups is 1. The lowest BCUT2D eigenvalue weighted by Crippen LogP contribution is -2.51. The molecule has 0 radical (unpaired) electrons. The Balaban J connectivity index is 1.42. The van der Waals surface area contributed by atoms with Gasteiger partial charge in [-0.15, -0.1) is 0 Å². The van der Waals surface area contributed by atoms with Crippen molar-refractivity contribution in [3.63, 3.8) is 0 Å². The predicted molar refractivity (Wildman–Crippen MR) is 131 cm³/mol. The second-order valence-electron chi connectivity index (χ2n) is 9.92. The van der Waals surface area contributed by atoms with Crippen LogP contribution in [0.5, 0.6) is 0 Å². The smallest absolute Gasteiger partial charge is 0.410 e. The number of ether oxygens (including phenoxy) is 1. The fourth-order valence-electron chi connectivity index (χ4n) is 4.68. The van der Waals surface area contributed by atoms with Crippen LogP contribution in [0.1, 0.15) is 43.5 Å². The predicted octanol–water partition coefficient (Wildman–Crippen LogP) is 4.88. The molecule has 2 heterocycles. The second kappa shape index (κ2) is 9.66. The molecule has 0 saturated carbocycles. The number of rotatable bonds is 7. The number of aromatic nitrogens is 1. The van der Waals surface area contributed by atoms with Gasteiger partial charge in [-0.05, 0) is 54.7 Å². The Kier molecular flexibility index (Phi) is 6.81. The number of halogens is 1. The quantitative estimate of drug-likeness (QED) is 0.388. The highest BCUT2D eigenvalue weighted by atomic mass is 19.1. The van der Waals surface area contributed by atoms with E-state index in [9.17, 15) is 19.5 Å². The first-order chi connectivity index (χ1) is 16.5. The zero-order valence-electron chi connectivity index (χ0n) is 20.3. The van der Waals surface area contributed by atoms with Gasteiger partial charge >= 0.3 is 6.09 Å². The molecule has 2 aromatic carbocycles. The number of hydrogen-bond donors (Lipinski definition) is 1. The number of nitrogens with zero attached hydrogens (tertiary/aromatic N) is 2. The van der Waals surface area contributed by atoms with Gasteiger partial charge in [0.15, 0.2) is 11.9 Å². The average molecular weight is 479 g/mol. The average Bonchev–Trinajstić information content (AvgIpc) is 2.80. The van der Waals surface area contributed by atoms with Gasteiger partial charge in [0, 0.05) is 45.0 Å². The normalized spacial score (nSPS) is 18.4. The van der Waals surface area contributed by atoms with Crippen LogP contribution in [0.4, 0.5) is 9.18 Å². The van der Waals surface area contributed by atoms with Gasteiger partial charge in [-0.2, -0.15) is 4.73 Å². The van der Waals surface area contributed by atoms with Crippen molar-refractivity contribution >= 4 is 6.09 Å². The lowest BCUT2D eigenvalue weighted by Gasteiger charge is -2.44. The fraction of sp³-hybridized carbons (Fsp3) is 0.357. The number of aryl methyl sites for hydroxylation is 1. The zero-order valence-corrected chi connectivity index (χ0v) is 20.3. The SMILES string of the molecule is Cc1cc(-c2ccc(CCN3CC[C@](CC(C)(C)O)(c4ccc(F)cc4)OC3=O)cc2)cc[n+]1[O-]. The third-order valence-electron chi connectivity index (χ3n) is 6.47. The Morgan fingerprint density at radius 3 is 2.40 bits per heavy atom. The first kappa shape index (κ1) is 24.7. The van der Waals surface area contributed by atoms with Crippen LogP contribution < -0.4 is 4.73 Å². The van der Waals surface area contributed by atoms with Crippen molar-refractivity contribution in [3.05, 3.63) is 94.7 Å². The summed E-state index contributed by atoms with van der Waals surface area (Å²) in [4.78, 5) is 14.7. The molecular weight excluding hydrogens is 447 g/mol. The van der Waals surface area contributed by atoms with Crippen LogP contribution in [-0.2, 0) is 16.8 Å². The van der Waals surface area contributed by atoms with Gasteiger partial charge in [-0.1, -0.05) is 36.4 Å². The van der Waals surface area contributed by atoms with E-state index in [2.05, 4.69) is 0 Å². The molecule has 4 rings (SSSR count). The summed E-state index contributed by atoms with van der Waals surface area (Å²) >= 11 is 0. The molecule has 0 unspecified atom stereocenters. The summed E-state index contributed by atoms with van der Waals surface area (Å²) in [5, 5.41) is 22.1. The maximum atomic E-state index is 13.5. The van der Waals surface area contributed by atoms with Crippen molar-refractivity contribution in [2.24, 2.45) is 0 Å². The molecule has 0 spiro atoms. The summed E-state index contributed by atoms with van der Waals surface area (Å²) in [6.07, 6.45) is 2.45. The minimum absolute atomic E-state index is 0.220. The number of amides is 1. The Labute approximate surface area is 205 Å². The van der Waals surface area contributed by atoms with Crippen molar-refractivity contribution in [1.82, 2.24) is 4.90 Å². The number of carbonyl (C=O) groups excluding carboxylic acids is 1. The van der Waals surface area contributed by atoms with Crippen LogP contribution >= 0.6 is 0 Å². The topological polar surface area (TPSA) is 76.7 Å². The monoisotopic (exact) mass is 478 g/mol. The van der Waals surface area contributed by atoms with Gasteiger partial charge in [0.25, 0.3) is 0 Å². The van der Waals surface area contributed by atoms with Crippen molar-refractivity contribution in [2.75, 3.05) is 13.1 Å². The molecule has 6 nitrogen and oxygen atoms in total. The summed E-state index contributed by atoms with van der Waals surface area (Å²) in [5.74, 6) is -0.363. The molecule has 184 valence electrons. The number of hydrogen-bond acceptors (Lipinski definition) is 4. The van der Waals surface area contributed by atoms with Gasteiger partial charge in [0.05, 0.1) is 5.60 Å². The van der Waals surface area contributed by atoms with Crippen molar-refractivity contribution < 1.29 is 23.8 Å². The van der Waals surface area contributed by atoms with E-state index in [0.29, 0.717) is 37.2 Å². The second-order valence-corrected chi connectivity index (χ2v) is 9.92. The van der Waals surface area contributed by atoms with Crippen molar-refractivity contribution in [3.8, 4) is 11.1 Å². The molecule has 7 heteroatoms. The minimum atomic E-state index is -1.07. The molecule has 1 saturated heterocycles. The minimum Gasteiger partial charge on any atom is -0.619 e. The highest BCUT2D eigenvalue weighted by Gasteiger charge is 2.45. The molecule has 1 aromatic heterocycles. The standard InChI is InChI=1S/C28H31FN2O4/c1-20-18-23(13-16-31(20)34)22-6-4-21(5-7-22)12-15-30-17-14-28(35-26(30)32,19-27(2,3)33)24-8-10-25(29)11-9-24/h4-11,13,16,18,33H,12,14-15,17,19H2,1-3H3/t28-/m0/s1. The Morgan fingerprint density at radius 1 is 1.11 bits per heavy atom. The van der Waals surface area contributed by atoms with Gasteiger partial charge in [-0.25, -0.2) is 9.18 Å². The van der Waals surface area contributed by atoms with Gasteiger partial charge in [0.1, 0.15) is 11.4 Å². The molecule has 1 atom stereocenters. The van der Waals surface area contributed by atoms with Crippen LogP contribution in [0.25, 0.3) is 11.1 Å². The summed E-state index contributed by atoms with van der Waals surface area (Å²) in [6.45, 7) is 6.10. The van der Waals surface area contributed by atoms with Gasteiger partial charge in [-0.3, -0.25) is 0 Å². The van der Waals surface area contributed by atoms with E-state index in [1.807, 2.05) is 30.3 Å². The molecule has 35 heavy (non-hydrogen) atoms. The zero-order chi connectivity index (χ0) is 25.2. The van der Waals surface area contributed by atoms with Crippen molar-refractivity contribution in [1.29, 1.82) is 0 Å². The Hall–Kier alpha value is -3.45. The summed E-state index contributed by atoms with van der Waals surface area (Å²) < 4.78 is 20.3.